The molecular formula is C21H26N2O3. The van der Waals surface area contributed by atoms with Gasteiger partial charge in [0.25, 0.3) is 0 Å². The first-order chi connectivity index (χ1) is 12.7. The monoisotopic (exact) mass is 354 g/mol. The van der Waals surface area contributed by atoms with Crippen molar-refractivity contribution in [2.24, 2.45) is 0 Å². The Kier molecular flexibility index (Phi) is 4.83. The molecule has 4 rings (SSSR count). The number of carboxylic acids is 1. The Morgan fingerprint density at radius 1 is 1.15 bits per heavy atom. The SMILES string of the molecule is O=C(O)C1(Oc2ccc3ccccc3c2)CCN(C2CCCNC2)CC1. The molecule has 138 valence electrons. The summed E-state index contributed by atoms with van der Waals surface area (Å²) in [5.74, 6) is -0.217. The maximum absolute atomic E-state index is 12.1. The molecule has 2 aliphatic rings. The Hall–Kier alpha value is -2.11. The summed E-state index contributed by atoms with van der Waals surface area (Å²) < 4.78 is 6.11. The largest absolute Gasteiger partial charge is 0.478 e. The summed E-state index contributed by atoms with van der Waals surface area (Å²) in [4.78, 5) is 14.5. The van der Waals surface area contributed by atoms with Crippen LogP contribution in [0.5, 0.6) is 5.75 Å². The third-order valence-electron chi connectivity index (χ3n) is 5.82. The molecule has 2 fully saturated rings. The lowest BCUT2D eigenvalue weighted by molar-refractivity contribution is -0.160. The minimum absolute atomic E-state index is 0.520. The molecule has 0 aromatic heterocycles. The molecule has 26 heavy (non-hydrogen) atoms. The summed E-state index contributed by atoms with van der Waals surface area (Å²) in [5, 5.41) is 15.5. The summed E-state index contributed by atoms with van der Waals surface area (Å²) in [6.07, 6.45) is 3.43. The van der Waals surface area contributed by atoms with Crippen LogP contribution in [-0.4, -0.2) is 53.8 Å². The molecule has 1 unspecified atom stereocenters. The van der Waals surface area contributed by atoms with E-state index in [1.807, 2.05) is 42.5 Å². The van der Waals surface area contributed by atoms with E-state index < -0.39 is 11.6 Å². The quantitative estimate of drug-likeness (QED) is 0.884. The molecule has 2 aromatic carbocycles. The number of ether oxygens (including phenoxy) is 1. The molecule has 2 heterocycles. The molecule has 5 nitrogen and oxygen atoms in total. The molecule has 0 aliphatic carbocycles. The second kappa shape index (κ2) is 7.25. The van der Waals surface area contributed by atoms with E-state index in [-0.39, 0.29) is 0 Å². The van der Waals surface area contributed by atoms with Gasteiger partial charge >= 0.3 is 5.97 Å². The number of hydrogen-bond donors (Lipinski definition) is 2. The van der Waals surface area contributed by atoms with Crippen molar-refractivity contribution >= 4 is 16.7 Å². The van der Waals surface area contributed by atoms with Crippen LogP contribution in [0.3, 0.4) is 0 Å². The minimum Gasteiger partial charge on any atom is -0.478 e. The van der Waals surface area contributed by atoms with Crippen molar-refractivity contribution in [3.8, 4) is 5.75 Å². The Labute approximate surface area is 153 Å². The molecule has 2 aromatic rings. The fourth-order valence-corrected chi connectivity index (χ4v) is 4.21. The fraction of sp³-hybridized carbons (Fsp3) is 0.476. The number of carboxylic acid groups (broad SMARTS) is 1. The van der Waals surface area contributed by atoms with Crippen LogP contribution in [0.1, 0.15) is 25.7 Å². The maximum atomic E-state index is 12.1. The van der Waals surface area contributed by atoms with Crippen molar-refractivity contribution in [3.63, 3.8) is 0 Å². The molecule has 1 atom stereocenters. The number of rotatable bonds is 4. The Bertz CT molecular complexity index is 778. The summed E-state index contributed by atoms with van der Waals surface area (Å²) in [7, 11) is 0. The number of nitrogens with one attached hydrogen (secondary N) is 1. The van der Waals surface area contributed by atoms with Crippen LogP contribution in [0.25, 0.3) is 10.8 Å². The van der Waals surface area contributed by atoms with Gasteiger partial charge in [0, 0.05) is 38.5 Å². The normalized spacial score (nSPS) is 23.6. The van der Waals surface area contributed by atoms with Gasteiger partial charge < -0.3 is 15.2 Å². The van der Waals surface area contributed by atoms with E-state index in [1.54, 1.807) is 0 Å². The number of carbonyl (C=O) groups is 1. The molecule has 2 N–H and O–H groups in total. The zero-order valence-electron chi connectivity index (χ0n) is 15.0. The molecule has 0 radical (unpaired) electrons. The van der Waals surface area contributed by atoms with Crippen molar-refractivity contribution in [2.45, 2.75) is 37.3 Å². The molecule has 2 aliphatic heterocycles. The van der Waals surface area contributed by atoms with Gasteiger partial charge in [-0.15, -0.1) is 0 Å². The van der Waals surface area contributed by atoms with E-state index in [9.17, 15) is 9.90 Å². The number of nitrogens with zero attached hydrogens (tertiary/aromatic N) is 1. The predicted octanol–water partition coefficient (Wildman–Crippen LogP) is 2.89. The fourth-order valence-electron chi connectivity index (χ4n) is 4.21. The first-order valence-corrected chi connectivity index (χ1v) is 9.52. The summed E-state index contributed by atoms with van der Waals surface area (Å²) in [6.45, 7) is 3.64. The van der Waals surface area contributed by atoms with Gasteiger partial charge in [-0.25, -0.2) is 4.79 Å². The van der Waals surface area contributed by atoms with Gasteiger partial charge in [-0.3, -0.25) is 4.90 Å². The van der Waals surface area contributed by atoms with Crippen molar-refractivity contribution < 1.29 is 14.6 Å². The van der Waals surface area contributed by atoms with Crippen molar-refractivity contribution in [1.82, 2.24) is 10.2 Å². The van der Waals surface area contributed by atoms with Crippen LogP contribution < -0.4 is 10.1 Å². The highest BCUT2D eigenvalue weighted by Crippen LogP contribution is 2.32. The molecule has 0 bridgehead atoms. The van der Waals surface area contributed by atoms with Crippen molar-refractivity contribution in [3.05, 3.63) is 42.5 Å². The van der Waals surface area contributed by atoms with E-state index in [1.165, 1.54) is 12.8 Å². The Morgan fingerprint density at radius 3 is 2.62 bits per heavy atom. The van der Waals surface area contributed by atoms with Crippen LogP contribution in [0.15, 0.2) is 42.5 Å². The number of fused-ring (bicyclic) bond motifs is 1. The first kappa shape index (κ1) is 17.3. The van der Waals surface area contributed by atoms with Gasteiger partial charge in [0.15, 0.2) is 0 Å². The molecule has 0 saturated carbocycles. The lowest BCUT2D eigenvalue weighted by Gasteiger charge is -2.43. The molecule has 5 heteroatoms. The van der Waals surface area contributed by atoms with Gasteiger partial charge in [0.1, 0.15) is 5.75 Å². The Morgan fingerprint density at radius 2 is 1.92 bits per heavy atom. The third-order valence-corrected chi connectivity index (χ3v) is 5.82. The van der Waals surface area contributed by atoms with Gasteiger partial charge in [0.05, 0.1) is 0 Å². The van der Waals surface area contributed by atoms with Gasteiger partial charge in [-0.2, -0.15) is 0 Å². The Balaban J connectivity index is 1.49. The van der Waals surface area contributed by atoms with Crippen LogP contribution in [0.2, 0.25) is 0 Å². The average molecular weight is 354 g/mol. The lowest BCUT2D eigenvalue weighted by atomic mass is 9.89. The summed E-state index contributed by atoms with van der Waals surface area (Å²) in [6, 6.07) is 14.4. The van der Waals surface area contributed by atoms with Crippen LogP contribution in [0.4, 0.5) is 0 Å². The molecule has 2 saturated heterocycles. The summed E-state index contributed by atoms with van der Waals surface area (Å²) in [5.41, 5.74) is -1.12. The standard InChI is InChI=1S/C21H26N2O3/c24-20(25)21(9-12-23(13-10-21)18-6-3-11-22-15-18)26-19-8-7-16-4-1-2-5-17(16)14-19/h1-2,4-5,7-8,14,18,22H,3,6,9-13,15H2,(H,24,25). The summed E-state index contributed by atoms with van der Waals surface area (Å²) >= 11 is 0. The highest BCUT2D eigenvalue weighted by atomic mass is 16.5. The topological polar surface area (TPSA) is 61.8 Å². The van der Waals surface area contributed by atoms with Crippen LogP contribution in [0, 0.1) is 0 Å². The molecule has 0 amide bonds. The number of likely N-dealkylation sites (tertiary alicyclic amines) is 1. The number of aliphatic carboxylic acids is 1. The molecular weight excluding hydrogens is 328 g/mol. The van der Waals surface area contributed by atoms with E-state index in [0.717, 1.165) is 37.0 Å². The van der Waals surface area contributed by atoms with Gasteiger partial charge in [0.2, 0.25) is 5.60 Å². The highest BCUT2D eigenvalue weighted by Gasteiger charge is 2.45. The number of hydrogen-bond acceptors (Lipinski definition) is 4. The zero-order valence-corrected chi connectivity index (χ0v) is 15.0. The average Bonchev–Trinajstić information content (AvgIpc) is 2.69. The van der Waals surface area contributed by atoms with E-state index in [4.69, 9.17) is 4.74 Å². The van der Waals surface area contributed by atoms with Crippen molar-refractivity contribution in [1.29, 1.82) is 0 Å². The number of piperidine rings is 2. The zero-order chi connectivity index (χ0) is 18.0. The van der Waals surface area contributed by atoms with E-state index in [0.29, 0.717) is 24.6 Å². The van der Waals surface area contributed by atoms with Gasteiger partial charge in [-0.1, -0.05) is 30.3 Å². The lowest BCUT2D eigenvalue weighted by Crippen LogP contribution is -2.57. The smallest absolute Gasteiger partial charge is 0.348 e. The number of benzene rings is 2. The van der Waals surface area contributed by atoms with Gasteiger partial charge in [-0.05, 0) is 42.3 Å². The highest BCUT2D eigenvalue weighted by molar-refractivity contribution is 5.84. The third kappa shape index (κ3) is 3.41. The van der Waals surface area contributed by atoms with Crippen molar-refractivity contribution in [2.75, 3.05) is 26.2 Å². The van der Waals surface area contributed by atoms with E-state index >= 15 is 0 Å². The molecule has 0 spiro atoms. The second-order valence-corrected chi connectivity index (χ2v) is 7.45. The van der Waals surface area contributed by atoms with Crippen LogP contribution in [-0.2, 0) is 4.79 Å². The maximum Gasteiger partial charge on any atom is 0.348 e. The predicted molar refractivity (Wildman–Crippen MR) is 102 cm³/mol. The first-order valence-electron chi connectivity index (χ1n) is 9.52. The van der Waals surface area contributed by atoms with Crippen LogP contribution >= 0.6 is 0 Å². The second-order valence-electron chi connectivity index (χ2n) is 7.45. The van der Waals surface area contributed by atoms with E-state index in [2.05, 4.69) is 10.2 Å². The minimum atomic E-state index is -1.12.